The number of carbonyl (C=O) groups is 1. The van der Waals surface area contributed by atoms with Crippen LogP contribution in [0.1, 0.15) is 45.9 Å². The van der Waals surface area contributed by atoms with E-state index < -0.39 is 0 Å². The second-order valence-corrected chi connectivity index (χ2v) is 5.59. The van der Waals surface area contributed by atoms with Crippen molar-refractivity contribution in [1.82, 2.24) is 4.98 Å². The van der Waals surface area contributed by atoms with Crippen molar-refractivity contribution in [1.29, 1.82) is 0 Å². The van der Waals surface area contributed by atoms with Gasteiger partial charge in [0.15, 0.2) is 5.78 Å². The Kier molecular flexibility index (Phi) is 4.11. The first-order chi connectivity index (χ1) is 10.3. The number of aryl methyl sites for hydroxylation is 1. The van der Waals surface area contributed by atoms with Gasteiger partial charge in [-0.3, -0.25) is 9.78 Å². The fraction of sp³-hybridized carbons (Fsp3) is 0.333. The molecule has 1 aliphatic rings. The summed E-state index contributed by atoms with van der Waals surface area (Å²) in [4.78, 5) is 17.2. The van der Waals surface area contributed by atoms with E-state index in [0.29, 0.717) is 6.54 Å². The SMILES string of the molecule is NCCc1ccc(C(=O)C2CCCc3cccnc32)cc1. The van der Waals surface area contributed by atoms with Crippen LogP contribution in [0.5, 0.6) is 0 Å². The number of rotatable bonds is 4. The van der Waals surface area contributed by atoms with E-state index in [0.717, 1.165) is 36.9 Å². The first-order valence-electron chi connectivity index (χ1n) is 7.56. The normalized spacial score (nSPS) is 17.3. The highest BCUT2D eigenvalue weighted by molar-refractivity contribution is 6.01. The molecule has 0 saturated heterocycles. The zero-order valence-corrected chi connectivity index (χ0v) is 12.1. The zero-order chi connectivity index (χ0) is 14.7. The molecule has 0 fully saturated rings. The van der Waals surface area contributed by atoms with Gasteiger partial charge in [-0.2, -0.15) is 0 Å². The van der Waals surface area contributed by atoms with Crippen LogP contribution >= 0.6 is 0 Å². The smallest absolute Gasteiger partial charge is 0.171 e. The minimum atomic E-state index is -0.0877. The maximum atomic E-state index is 12.8. The number of hydrogen-bond donors (Lipinski definition) is 1. The second kappa shape index (κ2) is 6.19. The molecule has 1 aliphatic carbocycles. The van der Waals surface area contributed by atoms with Crippen molar-refractivity contribution in [3.05, 3.63) is 65.0 Å². The maximum Gasteiger partial charge on any atom is 0.171 e. The lowest BCUT2D eigenvalue weighted by Crippen LogP contribution is -2.20. The molecule has 0 spiro atoms. The van der Waals surface area contributed by atoms with Crippen LogP contribution in [0.3, 0.4) is 0 Å². The molecule has 21 heavy (non-hydrogen) atoms. The average molecular weight is 280 g/mol. The van der Waals surface area contributed by atoms with E-state index in [4.69, 9.17) is 5.73 Å². The average Bonchev–Trinajstić information content (AvgIpc) is 2.55. The van der Waals surface area contributed by atoms with Crippen LogP contribution in [0.4, 0.5) is 0 Å². The molecular formula is C18H20N2O. The predicted octanol–water partition coefficient (Wildman–Crippen LogP) is 2.89. The van der Waals surface area contributed by atoms with Crippen molar-refractivity contribution >= 4 is 5.78 Å². The summed E-state index contributed by atoms with van der Waals surface area (Å²) in [6.45, 7) is 0.632. The Morgan fingerprint density at radius 3 is 2.81 bits per heavy atom. The predicted molar refractivity (Wildman–Crippen MR) is 83.4 cm³/mol. The van der Waals surface area contributed by atoms with Crippen molar-refractivity contribution in [3.63, 3.8) is 0 Å². The highest BCUT2D eigenvalue weighted by Gasteiger charge is 2.28. The number of ketones is 1. The van der Waals surface area contributed by atoms with Gasteiger partial charge in [-0.15, -0.1) is 0 Å². The fourth-order valence-electron chi connectivity index (χ4n) is 3.07. The molecule has 0 saturated carbocycles. The van der Waals surface area contributed by atoms with Gasteiger partial charge in [0.2, 0.25) is 0 Å². The van der Waals surface area contributed by atoms with E-state index >= 15 is 0 Å². The van der Waals surface area contributed by atoms with Crippen LogP contribution in [-0.4, -0.2) is 17.3 Å². The Balaban J connectivity index is 1.86. The van der Waals surface area contributed by atoms with Gasteiger partial charge >= 0.3 is 0 Å². The van der Waals surface area contributed by atoms with E-state index in [-0.39, 0.29) is 11.7 Å². The lowest BCUT2D eigenvalue weighted by Gasteiger charge is -2.23. The number of benzene rings is 1. The monoisotopic (exact) mass is 280 g/mol. The summed E-state index contributed by atoms with van der Waals surface area (Å²) in [5, 5.41) is 0. The molecule has 0 aliphatic heterocycles. The Morgan fingerprint density at radius 1 is 1.24 bits per heavy atom. The quantitative estimate of drug-likeness (QED) is 0.876. The topological polar surface area (TPSA) is 56.0 Å². The van der Waals surface area contributed by atoms with Gasteiger partial charge in [0.1, 0.15) is 0 Å². The van der Waals surface area contributed by atoms with Gasteiger partial charge in [-0.05, 0) is 49.4 Å². The molecule has 1 aromatic carbocycles. The molecule has 2 N–H and O–H groups in total. The van der Waals surface area contributed by atoms with Crippen LogP contribution in [0.15, 0.2) is 42.6 Å². The summed E-state index contributed by atoms with van der Waals surface area (Å²) in [6.07, 6.45) is 5.62. The molecule has 1 unspecified atom stereocenters. The summed E-state index contributed by atoms with van der Waals surface area (Å²) in [6, 6.07) is 11.9. The van der Waals surface area contributed by atoms with E-state index in [1.165, 1.54) is 11.1 Å². The molecule has 3 rings (SSSR count). The Bertz CT molecular complexity index is 634. The van der Waals surface area contributed by atoms with Crippen molar-refractivity contribution in [3.8, 4) is 0 Å². The highest BCUT2D eigenvalue weighted by atomic mass is 16.1. The van der Waals surface area contributed by atoms with Crippen LogP contribution in [0.25, 0.3) is 0 Å². The molecule has 108 valence electrons. The van der Waals surface area contributed by atoms with Gasteiger partial charge in [0.05, 0.1) is 11.6 Å². The molecular weight excluding hydrogens is 260 g/mol. The van der Waals surface area contributed by atoms with Crippen molar-refractivity contribution < 1.29 is 4.79 Å². The van der Waals surface area contributed by atoms with Gasteiger partial charge in [-0.1, -0.05) is 30.3 Å². The standard InChI is InChI=1S/C18H20N2O/c19-11-10-13-6-8-15(9-7-13)18(21)16-5-1-3-14-4-2-12-20-17(14)16/h2,4,6-9,12,16H,1,3,5,10-11,19H2. The third-order valence-electron chi connectivity index (χ3n) is 4.18. The van der Waals surface area contributed by atoms with Gasteiger partial charge in [0, 0.05) is 11.8 Å². The minimum absolute atomic E-state index is 0.0877. The Hall–Kier alpha value is -2.00. The number of pyridine rings is 1. The van der Waals surface area contributed by atoms with Crippen LogP contribution in [0.2, 0.25) is 0 Å². The molecule has 2 aromatic rings. The molecule has 1 atom stereocenters. The molecule has 3 nitrogen and oxygen atoms in total. The number of Topliss-reactive ketones (excluding diaryl/α,β-unsaturated/α-hetero) is 1. The largest absolute Gasteiger partial charge is 0.330 e. The van der Waals surface area contributed by atoms with Gasteiger partial charge in [-0.25, -0.2) is 0 Å². The minimum Gasteiger partial charge on any atom is -0.330 e. The van der Waals surface area contributed by atoms with E-state index in [1.807, 2.05) is 30.3 Å². The molecule has 1 aromatic heterocycles. The van der Waals surface area contributed by atoms with Crippen LogP contribution in [0, 0.1) is 0 Å². The lowest BCUT2D eigenvalue weighted by atomic mass is 9.82. The summed E-state index contributed by atoms with van der Waals surface area (Å²) in [5.41, 5.74) is 9.70. The second-order valence-electron chi connectivity index (χ2n) is 5.59. The molecule has 0 radical (unpaired) electrons. The summed E-state index contributed by atoms with van der Waals surface area (Å²) < 4.78 is 0. The number of nitrogens with two attached hydrogens (primary N) is 1. The number of carbonyl (C=O) groups excluding carboxylic acids is 1. The first kappa shape index (κ1) is 14.0. The first-order valence-corrected chi connectivity index (χ1v) is 7.56. The highest BCUT2D eigenvalue weighted by Crippen LogP contribution is 2.32. The Morgan fingerprint density at radius 2 is 2.05 bits per heavy atom. The van der Waals surface area contributed by atoms with Crippen molar-refractivity contribution in [2.75, 3.05) is 6.54 Å². The summed E-state index contributed by atoms with van der Waals surface area (Å²) >= 11 is 0. The Labute approximate surface area is 125 Å². The summed E-state index contributed by atoms with van der Waals surface area (Å²) in [7, 11) is 0. The van der Waals surface area contributed by atoms with E-state index in [2.05, 4.69) is 11.1 Å². The third-order valence-corrected chi connectivity index (χ3v) is 4.18. The maximum absolute atomic E-state index is 12.8. The van der Waals surface area contributed by atoms with Crippen molar-refractivity contribution in [2.24, 2.45) is 5.73 Å². The molecule has 0 amide bonds. The third kappa shape index (κ3) is 2.88. The van der Waals surface area contributed by atoms with Gasteiger partial charge < -0.3 is 5.73 Å². The van der Waals surface area contributed by atoms with Crippen LogP contribution < -0.4 is 5.73 Å². The summed E-state index contributed by atoms with van der Waals surface area (Å²) in [5.74, 6) is 0.101. The zero-order valence-electron chi connectivity index (χ0n) is 12.1. The lowest BCUT2D eigenvalue weighted by molar-refractivity contribution is 0.0949. The number of aromatic nitrogens is 1. The fourth-order valence-corrected chi connectivity index (χ4v) is 3.07. The number of nitrogens with zero attached hydrogens (tertiary/aromatic N) is 1. The number of fused-ring (bicyclic) bond motifs is 1. The van der Waals surface area contributed by atoms with Gasteiger partial charge in [0.25, 0.3) is 0 Å². The molecule has 0 bridgehead atoms. The number of hydrogen-bond acceptors (Lipinski definition) is 3. The van der Waals surface area contributed by atoms with Crippen LogP contribution in [-0.2, 0) is 12.8 Å². The molecule has 1 heterocycles. The van der Waals surface area contributed by atoms with Crippen molar-refractivity contribution in [2.45, 2.75) is 31.6 Å². The van der Waals surface area contributed by atoms with E-state index in [9.17, 15) is 4.79 Å². The van der Waals surface area contributed by atoms with E-state index in [1.54, 1.807) is 6.20 Å². The molecule has 3 heteroatoms.